The van der Waals surface area contributed by atoms with Gasteiger partial charge in [0.15, 0.2) is 11.5 Å². The number of nitrogens with one attached hydrogen (secondary N) is 1. The third kappa shape index (κ3) is 6.53. The zero-order valence-corrected chi connectivity index (χ0v) is 21.0. The monoisotopic (exact) mass is 493 g/mol. The Morgan fingerprint density at radius 3 is 2.09 bits per heavy atom. The Bertz CT molecular complexity index is 1100. The number of hydrogen-bond acceptors (Lipinski definition) is 7. The van der Waals surface area contributed by atoms with Crippen LogP contribution < -0.4 is 23.8 Å². The summed E-state index contributed by atoms with van der Waals surface area (Å²) in [7, 11) is 2.06. The van der Waals surface area contributed by atoms with Gasteiger partial charge >= 0.3 is 0 Å². The van der Waals surface area contributed by atoms with E-state index in [-0.39, 0.29) is 18.1 Å². The average Bonchev–Trinajstić information content (AvgIpc) is 2.83. The predicted molar refractivity (Wildman–Crippen MR) is 129 cm³/mol. The van der Waals surface area contributed by atoms with E-state index in [1.807, 2.05) is 0 Å². The summed E-state index contributed by atoms with van der Waals surface area (Å²) in [6, 6.07) is 10.8. The number of amides is 2. The zero-order valence-electron chi connectivity index (χ0n) is 20.2. The maximum absolute atomic E-state index is 13.4. The van der Waals surface area contributed by atoms with E-state index in [1.54, 1.807) is 44.4 Å². The molecular formula is C23H31N3O7S. The summed E-state index contributed by atoms with van der Waals surface area (Å²) in [5.74, 6) is 0.457. The molecule has 0 heterocycles. The summed E-state index contributed by atoms with van der Waals surface area (Å²) < 4.78 is 41.9. The van der Waals surface area contributed by atoms with Crippen LogP contribution in [0.2, 0.25) is 0 Å². The van der Waals surface area contributed by atoms with Crippen LogP contribution >= 0.6 is 0 Å². The Morgan fingerprint density at radius 1 is 0.971 bits per heavy atom. The molecular weight excluding hydrogens is 462 g/mol. The topological polar surface area (TPSA) is 114 Å². The van der Waals surface area contributed by atoms with Crippen molar-refractivity contribution in [2.24, 2.45) is 0 Å². The van der Waals surface area contributed by atoms with E-state index < -0.39 is 28.5 Å². The van der Waals surface area contributed by atoms with E-state index >= 15 is 0 Å². The number of carbonyl (C=O) groups is 2. The van der Waals surface area contributed by atoms with Crippen LogP contribution in [0, 0.1) is 0 Å². The van der Waals surface area contributed by atoms with Crippen LogP contribution in [-0.4, -0.2) is 72.4 Å². The highest BCUT2D eigenvalue weighted by atomic mass is 32.2. The van der Waals surface area contributed by atoms with Gasteiger partial charge in [0.1, 0.15) is 18.3 Å². The summed E-state index contributed by atoms with van der Waals surface area (Å²) >= 11 is 0. The lowest BCUT2D eigenvalue weighted by Gasteiger charge is -2.31. The van der Waals surface area contributed by atoms with E-state index in [4.69, 9.17) is 14.2 Å². The zero-order chi connectivity index (χ0) is 25.5. The predicted octanol–water partition coefficient (Wildman–Crippen LogP) is 1.64. The van der Waals surface area contributed by atoms with Gasteiger partial charge in [-0.25, -0.2) is 8.42 Å². The molecule has 0 saturated carbocycles. The SMILES string of the molecule is CNC(=O)[C@H](C)N(Cc1ccc(OC)cc1)C(=O)CN(c1ccc(OC)c(OC)c1)S(C)(=O)=O. The molecule has 34 heavy (non-hydrogen) atoms. The molecule has 2 rings (SSSR count). The van der Waals surface area contributed by atoms with Crippen molar-refractivity contribution < 1.29 is 32.2 Å². The van der Waals surface area contributed by atoms with Gasteiger partial charge in [0.05, 0.1) is 33.3 Å². The first kappa shape index (κ1) is 26.8. The maximum Gasteiger partial charge on any atom is 0.244 e. The van der Waals surface area contributed by atoms with E-state index in [2.05, 4.69) is 5.32 Å². The number of rotatable bonds is 11. The fourth-order valence-electron chi connectivity index (χ4n) is 3.31. The molecule has 0 aliphatic rings. The van der Waals surface area contributed by atoms with Gasteiger partial charge in [-0.2, -0.15) is 0 Å². The second kappa shape index (κ2) is 11.6. The van der Waals surface area contributed by atoms with Gasteiger partial charge in [-0.1, -0.05) is 12.1 Å². The normalized spacial score (nSPS) is 11.8. The third-order valence-corrected chi connectivity index (χ3v) is 6.40. The van der Waals surface area contributed by atoms with E-state index in [0.717, 1.165) is 16.1 Å². The number of nitrogens with zero attached hydrogens (tertiary/aromatic N) is 2. The Balaban J connectivity index is 2.41. The highest BCUT2D eigenvalue weighted by molar-refractivity contribution is 7.92. The van der Waals surface area contributed by atoms with E-state index in [0.29, 0.717) is 17.2 Å². The van der Waals surface area contributed by atoms with Crippen LogP contribution in [0.25, 0.3) is 0 Å². The summed E-state index contributed by atoms with van der Waals surface area (Å²) in [5, 5.41) is 2.53. The van der Waals surface area contributed by atoms with Crippen molar-refractivity contribution in [2.75, 3.05) is 45.5 Å². The third-order valence-electron chi connectivity index (χ3n) is 5.26. The van der Waals surface area contributed by atoms with Crippen LogP contribution in [0.3, 0.4) is 0 Å². The number of ether oxygens (including phenoxy) is 3. The average molecular weight is 494 g/mol. The summed E-state index contributed by atoms with van der Waals surface area (Å²) in [6.07, 6.45) is 1.01. The summed E-state index contributed by atoms with van der Waals surface area (Å²) in [6.45, 7) is 1.17. The molecule has 0 bridgehead atoms. The summed E-state index contributed by atoms with van der Waals surface area (Å²) in [5.41, 5.74) is 0.979. The second-order valence-corrected chi connectivity index (χ2v) is 9.38. The quantitative estimate of drug-likeness (QED) is 0.506. The van der Waals surface area contributed by atoms with E-state index in [9.17, 15) is 18.0 Å². The summed E-state index contributed by atoms with van der Waals surface area (Å²) in [4.78, 5) is 27.1. The molecule has 0 aliphatic heterocycles. The van der Waals surface area contributed by atoms with Gasteiger partial charge in [-0.3, -0.25) is 13.9 Å². The van der Waals surface area contributed by atoms with Crippen molar-refractivity contribution in [3.8, 4) is 17.2 Å². The molecule has 2 aromatic carbocycles. The van der Waals surface area contributed by atoms with Gasteiger partial charge in [0.2, 0.25) is 21.8 Å². The van der Waals surface area contributed by atoms with E-state index in [1.165, 1.54) is 38.3 Å². The molecule has 1 atom stereocenters. The van der Waals surface area contributed by atoms with Crippen LogP contribution in [0.4, 0.5) is 5.69 Å². The van der Waals surface area contributed by atoms with Crippen molar-refractivity contribution in [2.45, 2.75) is 19.5 Å². The first-order valence-corrected chi connectivity index (χ1v) is 12.2. The molecule has 0 aromatic heterocycles. The minimum atomic E-state index is -3.85. The number of benzene rings is 2. The second-order valence-electron chi connectivity index (χ2n) is 7.47. The standard InChI is InChI=1S/C23H31N3O7S/c1-16(23(28)24-2)25(14-17-7-10-19(31-3)11-8-17)22(27)15-26(34(6,29)30)18-9-12-20(32-4)21(13-18)33-5/h7-13,16H,14-15H2,1-6H3,(H,24,28)/t16-/m0/s1. The highest BCUT2D eigenvalue weighted by Crippen LogP contribution is 2.32. The Hall–Kier alpha value is -3.47. The molecule has 10 nitrogen and oxygen atoms in total. The molecule has 0 spiro atoms. The van der Waals surface area contributed by atoms with Gasteiger partial charge in [-0.05, 0) is 36.8 Å². The molecule has 2 amide bonds. The Kier molecular flexibility index (Phi) is 9.13. The minimum Gasteiger partial charge on any atom is -0.497 e. The molecule has 1 N–H and O–H groups in total. The molecule has 0 radical (unpaired) electrons. The Labute approximate surface area is 200 Å². The number of likely N-dealkylation sites (N-methyl/N-ethyl adjacent to an activating group) is 1. The lowest BCUT2D eigenvalue weighted by Crippen LogP contribution is -2.50. The number of sulfonamides is 1. The smallest absolute Gasteiger partial charge is 0.244 e. The number of methoxy groups -OCH3 is 3. The molecule has 0 saturated heterocycles. The van der Waals surface area contributed by atoms with Crippen LogP contribution in [-0.2, 0) is 26.2 Å². The Morgan fingerprint density at radius 2 is 1.59 bits per heavy atom. The molecule has 2 aromatic rings. The first-order valence-electron chi connectivity index (χ1n) is 10.4. The number of carbonyl (C=O) groups excluding carboxylic acids is 2. The van der Waals surface area contributed by atoms with Crippen molar-refractivity contribution in [3.05, 3.63) is 48.0 Å². The van der Waals surface area contributed by atoms with Gasteiger partial charge < -0.3 is 24.4 Å². The molecule has 0 unspecified atom stereocenters. The lowest BCUT2D eigenvalue weighted by atomic mass is 10.1. The molecule has 0 aliphatic carbocycles. The fourth-order valence-corrected chi connectivity index (χ4v) is 4.15. The number of hydrogen-bond donors (Lipinski definition) is 1. The minimum absolute atomic E-state index is 0.0982. The highest BCUT2D eigenvalue weighted by Gasteiger charge is 2.30. The first-order chi connectivity index (χ1) is 16.0. The lowest BCUT2D eigenvalue weighted by molar-refractivity contribution is -0.139. The van der Waals surface area contributed by atoms with Crippen molar-refractivity contribution in [3.63, 3.8) is 0 Å². The largest absolute Gasteiger partial charge is 0.497 e. The maximum atomic E-state index is 13.4. The van der Waals surface area contributed by atoms with Gasteiger partial charge in [-0.15, -0.1) is 0 Å². The molecule has 0 fully saturated rings. The van der Waals surface area contributed by atoms with Crippen LogP contribution in [0.1, 0.15) is 12.5 Å². The van der Waals surface area contributed by atoms with Crippen LogP contribution in [0.15, 0.2) is 42.5 Å². The molecule has 11 heteroatoms. The van der Waals surface area contributed by atoms with Crippen molar-refractivity contribution >= 4 is 27.5 Å². The van der Waals surface area contributed by atoms with Crippen LogP contribution in [0.5, 0.6) is 17.2 Å². The van der Waals surface area contributed by atoms with Crippen molar-refractivity contribution in [1.29, 1.82) is 0 Å². The fraction of sp³-hybridized carbons (Fsp3) is 0.391. The van der Waals surface area contributed by atoms with Gasteiger partial charge in [0, 0.05) is 19.7 Å². The molecule has 186 valence electrons. The van der Waals surface area contributed by atoms with Crippen molar-refractivity contribution in [1.82, 2.24) is 10.2 Å². The van der Waals surface area contributed by atoms with Gasteiger partial charge in [0.25, 0.3) is 0 Å². The number of anilines is 1.